The zero-order chi connectivity index (χ0) is 30.7. The van der Waals surface area contributed by atoms with E-state index in [9.17, 15) is 8.78 Å². The second-order valence-corrected chi connectivity index (χ2v) is 11.0. The third-order valence-corrected chi connectivity index (χ3v) is 8.26. The number of hydrogen-bond acceptors (Lipinski definition) is 4. The molecule has 0 bridgehead atoms. The fourth-order valence-corrected chi connectivity index (χ4v) is 6.11. The van der Waals surface area contributed by atoms with Crippen LogP contribution in [0.2, 0.25) is 0 Å². The average Bonchev–Trinajstić information content (AvgIpc) is 3.02. The van der Waals surface area contributed by atoms with E-state index in [0.717, 1.165) is 24.2 Å². The molecule has 2 aromatic rings. The topological polar surface area (TPSA) is 35.7 Å². The van der Waals surface area contributed by atoms with Gasteiger partial charge in [0.2, 0.25) is 0 Å². The van der Waals surface area contributed by atoms with Crippen LogP contribution in [0.15, 0.2) is 79.7 Å². The van der Waals surface area contributed by atoms with Crippen molar-refractivity contribution in [3.05, 3.63) is 91.3 Å². The van der Waals surface area contributed by atoms with Gasteiger partial charge in [-0.2, -0.15) is 0 Å². The largest absolute Gasteiger partial charge is 0.399 e. The predicted octanol–water partition coefficient (Wildman–Crippen LogP) is 8.82. The third-order valence-electron chi connectivity index (χ3n) is 8.26. The van der Waals surface area contributed by atoms with Crippen LogP contribution < -0.4 is 10.6 Å². The highest BCUT2D eigenvalue weighted by molar-refractivity contribution is 5.54. The van der Waals surface area contributed by atoms with Gasteiger partial charge in [0.1, 0.15) is 11.6 Å². The zero-order valence-corrected chi connectivity index (χ0v) is 26.2. The van der Waals surface area contributed by atoms with Gasteiger partial charge in [-0.25, -0.2) is 8.78 Å². The lowest BCUT2D eigenvalue weighted by molar-refractivity contribution is 0.0926. The first-order chi connectivity index (χ1) is 20.4. The minimum Gasteiger partial charge on any atom is -0.399 e. The van der Waals surface area contributed by atoms with Gasteiger partial charge in [0.15, 0.2) is 0 Å². The molecule has 0 amide bonds. The number of nitrogens with two attached hydrogens (primary N) is 1. The molecule has 1 atom stereocenters. The number of benzene rings is 2. The van der Waals surface area contributed by atoms with E-state index in [1.165, 1.54) is 120 Å². The van der Waals surface area contributed by atoms with Crippen molar-refractivity contribution in [1.29, 1.82) is 0 Å². The van der Waals surface area contributed by atoms with E-state index in [0.29, 0.717) is 6.04 Å². The lowest BCUT2D eigenvalue weighted by Gasteiger charge is -2.43. The van der Waals surface area contributed by atoms with Crippen molar-refractivity contribution in [1.82, 2.24) is 9.80 Å². The van der Waals surface area contributed by atoms with Crippen molar-refractivity contribution in [3.63, 3.8) is 0 Å². The van der Waals surface area contributed by atoms with Crippen molar-refractivity contribution >= 4 is 11.4 Å². The second kappa shape index (κ2) is 19.9. The molecule has 4 nitrogen and oxygen atoms in total. The lowest BCUT2D eigenvalue weighted by Crippen LogP contribution is -2.50. The molecule has 5 rings (SSSR count). The van der Waals surface area contributed by atoms with Gasteiger partial charge < -0.3 is 15.5 Å². The first-order valence-electron chi connectivity index (χ1n) is 15.9. The SMILES string of the molecule is C=C(CC[C@H]1CCCCN1c1ccc(N)cc1)N1CCN(C2CCCCC2)CC1.C=C=C.CC.Fc1cccc(F)c1. The summed E-state index contributed by atoms with van der Waals surface area (Å²) in [6.45, 7) is 20.7. The van der Waals surface area contributed by atoms with E-state index < -0.39 is 11.6 Å². The molecule has 2 N–H and O–H groups in total. The van der Waals surface area contributed by atoms with E-state index in [4.69, 9.17) is 5.73 Å². The first-order valence-corrected chi connectivity index (χ1v) is 15.9. The van der Waals surface area contributed by atoms with Gasteiger partial charge in [-0.1, -0.05) is 58.9 Å². The van der Waals surface area contributed by atoms with Crippen molar-refractivity contribution in [2.75, 3.05) is 43.4 Å². The highest BCUT2D eigenvalue weighted by atomic mass is 19.1. The van der Waals surface area contributed by atoms with Crippen LogP contribution in [-0.4, -0.2) is 54.6 Å². The molecule has 2 aliphatic heterocycles. The normalized spacial score (nSPS) is 19.1. The maximum Gasteiger partial charge on any atom is 0.126 e. The van der Waals surface area contributed by atoms with E-state index in [1.54, 1.807) is 0 Å². The minimum absolute atomic E-state index is 0.537. The Balaban J connectivity index is 0.000000397. The summed E-state index contributed by atoms with van der Waals surface area (Å²) in [6.07, 6.45) is 13.4. The second-order valence-electron chi connectivity index (χ2n) is 11.0. The Hall–Kier alpha value is -3.08. The maximum absolute atomic E-state index is 11.9. The molecule has 6 heteroatoms. The van der Waals surface area contributed by atoms with Gasteiger partial charge >= 0.3 is 0 Å². The van der Waals surface area contributed by atoms with E-state index >= 15 is 0 Å². The third kappa shape index (κ3) is 12.0. The van der Waals surface area contributed by atoms with E-state index in [1.807, 2.05) is 26.0 Å². The van der Waals surface area contributed by atoms with Crippen molar-refractivity contribution in [2.45, 2.75) is 90.1 Å². The fraction of sp³-hybridized carbons (Fsp3) is 0.528. The number of halogens is 2. The average molecular weight is 581 g/mol. The van der Waals surface area contributed by atoms with Gasteiger partial charge in [-0.05, 0) is 81.3 Å². The van der Waals surface area contributed by atoms with Gasteiger partial charge in [0.25, 0.3) is 0 Å². The van der Waals surface area contributed by atoms with E-state index in [-0.39, 0.29) is 0 Å². The number of anilines is 2. The summed E-state index contributed by atoms with van der Waals surface area (Å²) >= 11 is 0. The summed E-state index contributed by atoms with van der Waals surface area (Å²) < 4.78 is 23.9. The molecule has 2 aromatic carbocycles. The summed E-state index contributed by atoms with van der Waals surface area (Å²) in [4.78, 5) is 7.93. The number of rotatable bonds is 6. The smallest absolute Gasteiger partial charge is 0.126 e. The Morgan fingerprint density at radius 1 is 0.833 bits per heavy atom. The molecular weight excluding hydrogens is 526 g/mol. The van der Waals surface area contributed by atoms with Crippen LogP contribution in [0.5, 0.6) is 0 Å². The molecular formula is C36H54F2N4. The molecule has 42 heavy (non-hydrogen) atoms. The monoisotopic (exact) mass is 580 g/mol. The Morgan fingerprint density at radius 3 is 1.95 bits per heavy atom. The molecule has 2 heterocycles. The van der Waals surface area contributed by atoms with Crippen molar-refractivity contribution < 1.29 is 8.78 Å². The molecule has 3 aliphatic rings. The van der Waals surface area contributed by atoms with Gasteiger partial charge in [0.05, 0.1) is 0 Å². The summed E-state index contributed by atoms with van der Waals surface area (Å²) in [6, 6.07) is 14.5. The molecule has 232 valence electrons. The standard InChI is InChI=1S/C25H40N4.C6H4F2.C3H4.C2H6/c1-21(27-17-19-28(20-18-27)23-7-3-2-4-8-23)10-13-24-9-5-6-16-29(24)25-14-11-22(26)12-15-25;7-5-2-1-3-6(8)4-5;1-3-2;1-2/h11-12,14-15,23-24H,1-10,13,16-20,26H2;1-4H;1-2H2;1-2H3/t24-;;;/m1.../s1. The van der Waals surface area contributed by atoms with Crippen LogP contribution in [0.4, 0.5) is 20.2 Å². The number of nitrogens with zero attached hydrogens (tertiary/aromatic N) is 3. The lowest BCUT2D eigenvalue weighted by atomic mass is 9.93. The first kappa shape index (κ1) is 35.1. The maximum atomic E-state index is 11.9. The summed E-state index contributed by atoms with van der Waals surface area (Å²) in [5.41, 5.74) is 11.7. The van der Waals surface area contributed by atoms with Crippen LogP contribution >= 0.6 is 0 Å². The number of piperazine rings is 1. The molecule has 0 aromatic heterocycles. The summed E-state index contributed by atoms with van der Waals surface area (Å²) in [5.74, 6) is -1.07. The number of allylic oxidation sites excluding steroid dienone is 1. The van der Waals surface area contributed by atoms with Crippen molar-refractivity contribution in [3.8, 4) is 0 Å². The number of hydrogen-bond donors (Lipinski definition) is 1. The number of piperidine rings is 1. The minimum atomic E-state index is -0.537. The van der Waals surface area contributed by atoms with E-state index in [2.05, 4.69) is 52.3 Å². The van der Waals surface area contributed by atoms with Gasteiger partial charge in [0, 0.05) is 67.9 Å². The quantitative estimate of drug-likeness (QED) is 0.274. The fourth-order valence-electron chi connectivity index (χ4n) is 6.11. The van der Waals surface area contributed by atoms with Crippen LogP contribution in [-0.2, 0) is 0 Å². The Labute approximate surface area is 254 Å². The van der Waals surface area contributed by atoms with Gasteiger partial charge in [-0.15, -0.1) is 5.73 Å². The molecule has 1 saturated carbocycles. The predicted molar refractivity (Wildman–Crippen MR) is 177 cm³/mol. The van der Waals surface area contributed by atoms with Crippen molar-refractivity contribution in [2.24, 2.45) is 0 Å². The highest BCUT2D eigenvalue weighted by Crippen LogP contribution is 2.30. The molecule has 0 radical (unpaired) electrons. The Morgan fingerprint density at radius 2 is 1.40 bits per heavy atom. The molecule has 0 spiro atoms. The summed E-state index contributed by atoms with van der Waals surface area (Å²) in [5, 5.41) is 0. The van der Waals surface area contributed by atoms with Crippen LogP contribution in [0, 0.1) is 11.6 Å². The summed E-state index contributed by atoms with van der Waals surface area (Å²) in [7, 11) is 0. The van der Waals surface area contributed by atoms with Crippen LogP contribution in [0.1, 0.15) is 78.1 Å². The molecule has 2 saturated heterocycles. The van der Waals surface area contributed by atoms with Crippen LogP contribution in [0.3, 0.4) is 0 Å². The molecule has 3 fully saturated rings. The number of nitrogen functional groups attached to an aromatic ring is 1. The molecule has 1 aliphatic carbocycles. The zero-order valence-electron chi connectivity index (χ0n) is 26.2. The highest BCUT2D eigenvalue weighted by Gasteiger charge is 2.27. The Kier molecular flexibility index (Phi) is 16.7. The van der Waals surface area contributed by atoms with Gasteiger partial charge in [-0.3, -0.25) is 4.90 Å². The Bertz CT molecular complexity index is 1030. The van der Waals surface area contributed by atoms with Crippen LogP contribution in [0.25, 0.3) is 0 Å². The molecule has 0 unspecified atom stereocenters.